The summed E-state index contributed by atoms with van der Waals surface area (Å²) in [6.45, 7) is 0. The van der Waals surface area contributed by atoms with Crippen molar-refractivity contribution in [3.8, 4) is 0 Å². The van der Waals surface area contributed by atoms with Gasteiger partial charge in [-0.05, 0) is 0 Å². The maximum atomic E-state index is 2.86. The summed E-state index contributed by atoms with van der Waals surface area (Å²) in [5.41, 5.74) is 0. The Morgan fingerprint density at radius 1 is 0.900 bits per heavy atom. The predicted molar refractivity (Wildman–Crippen MR) is 55.8 cm³/mol. The molecular weight excluding hydrogens is 184 g/mol. The third kappa shape index (κ3) is 5.67. The van der Waals surface area contributed by atoms with Crippen LogP contribution in [0.4, 0.5) is 0 Å². The first-order valence-corrected chi connectivity index (χ1v) is 11.6. The Morgan fingerprint density at radius 2 is 1.40 bits per heavy atom. The van der Waals surface area contributed by atoms with Crippen molar-refractivity contribution in [3.63, 3.8) is 0 Å². The first-order chi connectivity index (χ1) is 4.74. The van der Waals surface area contributed by atoms with Crippen molar-refractivity contribution >= 4 is 62.0 Å². The Morgan fingerprint density at radius 3 is 1.70 bits per heavy atom. The smallest absolute Gasteiger partial charge is 0.395 e. The molecule has 0 radical (unpaired) electrons. The molecule has 0 spiro atoms. The highest BCUT2D eigenvalue weighted by Gasteiger charge is 2.08. The molecule has 0 N–H and O–H groups in total. The molecule has 54 valence electrons. The molecular formula is C4H16Al4N2. The van der Waals surface area contributed by atoms with Crippen LogP contribution in [0.3, 0.4) is 0 Å². The Balaban J connectivity index is 3.41. The lowest BCUT2D eigenvalue weighted by Gasteiger charge is -2.23. The number of hydrogen-bond acceptors (Lipinski definition) is 2. The van der Waals surface area contributed by atoms with Crippen LogP contribution in [-0.2, 0) is 0 Å². The van der Waals surface area contributed by atoms with E-state index in [0.29, 0.717) is 0 Å². The first-order valence-electron chi connectivity index (χ1n) is 4.15. The van der Waals surface area contributed by atoms with Gasteiger partial charge in [-0.3, -0.25) is 0 Å². The molecule has 0 bridgehead atoms. The van der Waals surface area contributed by atoms with Crippen LogP contribution in [0.2, 0.25) is 17.4 Å². The van der Waals surface area contributed by atoms with Crippen molar-refractivity contribution in [3.05, 3.63) is 0 Å². The molecule has 0 saturated carbocycles. The summed E-state index contributed by atoms with van der Waals surface area (Å²) in [7, 11) is 2.32. The first kappa shape index (κ1) is 12.0. The Bertz CT molecular complexity index is 77.7. The minimum absolute atomic E-state index is 0.101. The van der Waals surface area contributed by atoms with Gasteiger partial charge in [-0.2, -0.15) is 0 Å². The summed E-state index contributed by atoms with van der Waals surface area (Å²) in [4.78, 5) is 0. The van der Waals surface area contributed by atoms with Gasteiger partial charge in [0.25, 0.3) is 30.9 Å². The predicted octanol–water partition coefficient (Wildman–Crippen LogP) is -1.31. The summed E-state index contributed by atoms with van der Waals surface area (Å²) >= 11 is 0.703. The molecule has 0 atom stereocenters. The molecule has 0 aliphatic heterocycles. The lowest BCUT2D eigenvalue weighted by molar-refractivity contribution is 0.797. The number of rotatable bonds is 5. The third-order valence-corrected chi connectivity index (χ3v) is 14.1. The Hall–Kier alpha value is 2.05. The van der Waals surface area contributed by atoms with Crippen LogP contribution < -0.4 is 0 Å². The molecule has 0 saturated heterocycles. The monoisotopic (exact) mass is 200 g/mol. The van der Waals surface area contributed by atoms with Crippen molar-refractivity contribution in [2.24, 2.45) is 0 Å². The summed E-state index contributed by atoms with van der Waals surface area (Å²) in [5, 5.41) is 0. The molecule has 0 fully saturated rings. The van der Waals surface area contributed by atoms with Crippen LogP contribution in [0.15, 0.2) is 0 Å². The van der Waals surface area contributed by atoms with E-state index in [0.717, 1.165) is 0 Å². The minimum Gasteiger partial charge on any atom is -0.554 e. The molecule has 0 aromatic carbocycles. The summed E-state index contributed by atoms with van der Waals surface area (Å²) in [6, 6.07) is 0. The topological polar surface area (TPSA) is 6.48 Å². The van der Waals surface area contributed by atoms with E-state index in [1.54, 1.807) is 0 Å². The summed E-state index contributed by atoms with van der Waals surface area (Å²) in [5.74, 6) is 7.24. The van der Waals surface area contributed by atoms with Gasteiger partial charge in [-0.25, -0.2) is 0 Å². The summed E-state index contributed by atoms with van der Waals surface area (Å²) < 4.78 is 5.52. The van der Waals surface area contributed by atoms with Gasteiger partial charge in [0.05, 0.1) is 0 Å². The fourth-order valence-corrected chi connectivity index (χ4v) is 10.3. The highest BCUT2D eigenvalue weighted by Crippen LogP contribution is 1.81. The van der Waals surface area contributed by atoms with Gasteiger partial charge in [0.1, 0.15) is 0 Å². The van der Waals surface area contributed by atoms with Crippen LogP contribution in [0.5, 0.6) is 0 Å². The largest absolute Gasteiger partial charge is 0.554 e. The minimum atomic E-state index is 0.101. The Kier molecular flexibility index (Phi) is 9.26. The third-order valence-electron chi connectivity index (χ3n) is 1.88. The van der Waals surface area contributed by atoms with Crippen LogP contribution in [0.1, 0.15) is 0 Å². The van der Waals surface area contributed by atoms with Gasteiger partial charge in [-0.15, -0.1) is 0 Å². The lowest BCUT2D eigenvalue weighted by Crippen LogP contribution is -2.43. The zero-order valence-electron chi connectivity index (χ0n) is 7.72. The molecule has 0 aromatic heterocycles. The molecule has 10 heavy (non-hydrogen) atoms. The van der Waals surface area contributed by atoms with E-state index >= 15 is 0 Å². The average molecular weight is 200 g/mol. The maximum Gasteiger partial charge on any atom is 0.395 e. The molecule has 0 aliphatic rings. The van der Waals surface area contributed by atoms with Gasteiger partial charge in [0.15, 0.2) is 0 Å². The van der Waals surface area contributed by atoms with Crippen LogP contribution in [0.25, 0.3) is 0 Å². The van der Waals surface area contributed by atoms with E-state index in [9.17, 15) is 0 Å². The van der Waals surface area contributed by atoms with E-state index in [4.69, 9.17) is 0 Å². The van der Waals surface area contributed by atoms with Gasteiger partial charge in [-0.1, -0.05) is 24.4 Å². The van der Waals surface area contributed by atoms with Gasteiger partial charge < -0.3 is 4.72 Å². The molecule has 0 aliphatic carbocycles. The normalized spacial score (nSPS) is 9.80. The van der Waals surface area contributed by atoms with Crippen molar-refractivity contribution in [1.82, 2.24) is 4.72 Å². The maximum absolute atomic E-state index is 2.86. The second-order valence-electron chi connectivity index (χ2n) is 2.62. The fourth-order valence-electron chi connectivity index (χ4n) is 0.865. The van der Waals surface area contributed by atoms with E-state index in [1.807, 2.05) is 0 Å². The molecule has 6 heteroatoms. The molecule has 0 unspecified atom stereocenters. The average Bonchev–Trinajstić information content (AvgIpc) is 1.99. The zero-order valence-corrected chi connectivity index (χ0v) is 13.4. The molecule has 2 nitrogen and oxygen atoms in total. The highest BCUT2D eigenvalue weighted by molar-refractivity contribution is 6.66. The molecule has 0 rings (SSSR count). The molecule has 0 heterocycles. The van der Waals surface area contributed by atoms with Gasteiger partial charge in [0.2, 0.25) is 0 Å². The summed E-state index contributed by atoms with van der Waals surface area (Å²) in [6.07, 6.45) is 0. The number of nitrogens with zero attached hydrogens (tertiary/aromatic N) is 2. The zero-order chi connectivity index (χ0) is 7.98. The van der Waals surface area contributed by atoms with Crippen LogP contribution >= 0.6 is 0 Å². The quantitative estimate of drug-likeness (QED) is 0.508. The van der Waals surface area contributed by atoms with Gasteiger partial charge >= 0.3 is 31.1 Å². The second kappa shape index (κ2) is 7.69. The van der Waals surface area contributed by atoms with Crippen molar-refractivity contribution in [2.45, 2.75) is 17.4 Å². The van der Waals surface area contributed by atoms with Crippen molar-refractivity contribution < 1.29 is 0 Å². The standard InChI is InChI=1S/CH3N.3CH3.4Al.N.4H/c1-2;;;;;;;;;;;;/h1H3;3*1H3;;;;;;;;;. The van der Waals surface area contributed by atoms with E-state index in [-0.39, 0.29) is 62.0 Å². The highest BCUT2D eigenvalue weighted by atomic mass is 27.3. The van der Waals surface area contributed by atoms with Crippen molar-refractivity contribution in [2.75, 3.05) is 7.05 Å². The van der Waals surface area contributed by atoms with Crippen LogP contribution in [0, 0.1) is 0 Å². The second-order valence-corrected chi connectivity index (χ2v) is 13.2. The lowest BCUT2D eigenvalue weighted by atomic mass is 11.6. The van der Waals surface area contributed by atoms with Crippen molar-refractivity contribution in [1.29, 1.82) is 0 Å². The van der Waals surface area contributed by atoms with Gasteiger partial charge in [0, 0.05) is 0 Å². The van der Waals surface area contributed by atoms with E-state index in [1.165, 1.54) is 0 Å². The SMILES string of the molecule is [CH3][AlH][N](C)[AlH][N]([AlH][CH3])[AlH][CH3]. The Labute approximate surface area is 90.3 Å². The van der Waals surface area contributed by atoms with E-state index in [2.05, 4.69) is 29.1 Å². The van der Waals surface area contributed by atoms with Crippen LogP contribution in [-0.4, -0.2) is 73.7 Å². The molecule has 0 aromatic rings. The van der Waals surface area contributed by atoms with E-state index < -0.39 is 0 Å². The fraction of sp³-hybridized carbons (Fsp3) is 1.00. The molecule has 0 amide bonds. The number of hydrogen-bond donors (Lipinski definition) is 0.